The minimum absolute atomic E-state index is 0.366. The van der Waals surface area contributed by atoms with Gasteiger partial charge in [0.1, 0.15) is 5.56 Å². The van der Waals surface area contributed by atoms with Crippen molar-refractivity contribution < 1.29 is 38.4 Å². The second kappa shape index (κ2) is 7.13. The average molecular weight is 342 g/mol. The third-order valence-corrected chi connectivity index (χ3v) is 2.85. The van der Waals surface area contributed by atoms with Gasteiger partial charge in [-0.15, -0.1) is 0 Å². The van der Waals surface area contributed by atoms with E-state index >= 15 is 0 Å². The van der Waals surface area contributed by atoms with Gasteiger partial charge in [0.25, 0.3) is 11.4 Å². The van der Waals surface area contributed by atoms with Gasteiger partial charge < -0.3 is 14.2 Å². The molecule has 0 saturated carbocycles. The molecule has 0 amide bonds. The van der Waals surface area contributed by atoms with E-state index in [9.17, 15) is 34.6 Å². The lowest BCUT2D eigenvalue weighted by atomic mass is 9.97. The molecule has 0 aliphatic rings. The lowest BCUT2D eigenvalue weighted by Gasteiger charge is -2.11. The zero-order valence-corrected chi connectivity index (χ0v) is 12.6. The number of nitro groups is 2. The molecule has 1 rings (SSSR count). The monoisotopic (exact) mass is 342 g/mol. The summed E-state index contributed by atoms with van der Waals surface area (Å²) in [6.07, 6.45) is 0. The number of benzene rings is 1. The molecule has 0 unspecified atom stereocenters. The molecule has 0 N–H and O–H groups in total. The van der Waals surface area contributed by atoms with E-state index < -0.39 is 55.8 Å². The maximum absolute atomic E-state index is 12.0. The fourth-order valence-electron chi connectivity index (χ4n) is 1.87. The fraction of sp³-hybridized carbons (Fsp3) is 0.250. The Labute approximate surface area is 133 Å². The molecule has 0 radical (unpaired) electrons. The molecule has 12 heteroatoms. The molecule has 0 atom stereocenters. The Kier molecular flexibility index (Phi) is 5.49. The van der Waals surface area contributed by atoms with E-state index in [0.717, 1.165) is 21.3 Å². The van der Waals surface area contributed by atoms with E-state index in [1.54, 1.807) is 0 Å². The predicted molar refractivity (Wildman–Crippen MR) is 73.8 cm³/mol. The quantitative estimate of drug-likeness (QED) is 0.324. The first kappa shape index (κ1) is 18.5. The highest BCUT2D eigenvalue weighted by atomic mass is 16.6. The van der Waals surface area contributed by atoms with Crippen LogP contribution in [0.1, 0.15) is 31.1 Å². The van der Waals surface area contributed by atoms with Crippen LogP contribution in [0.3, 0.4) is 0 Å². The zero-order valence-electron chi connectivity index (χ0n) is 12.6. The summed E-state index contributed by atoms with van der Waals surface area (Å²) in [4.78, 5) is 55.7. The number of hydrogen-bond acceptors (Lipinski definition) is 10. The van der Waals surface area contributed by atoms with Gasteiger partial charge in [0.2, 0.25) is 0 Å². The van der Waals surface area contributed by atoms with Crippen molar-refractivity contribution in [3.63, 3.8) is 0 Å². The number of methoxy groups -OCH3 is 3. The molecule has 0 spiro atoms. The number of nitrogens with zero attached hydrogens (tertiary/aromatic N) is 2. The van der Waals surface area contributed by atoms with E-state index in [1.165, 1.54) is 0 Å². The van der Waals surface area contributed by atoms with Gasteiger partial charge in [-0.25, -0.2) is 14.4 Å². The van der Waals surface area contributed by atoms with Crippen LogP contribution >= 0.6 is 0 Å². The molecule has 128 valence electrons. The molecule has 0 aliphatic heterocycles. The molecule has 1 aromatic carbocycles. The number of ether oxygens (including phenoxy) is 3. The first-order chi connectivity index (χ1) is 11.2. The summed E-state index contributed by atoms with van der Waals surface area (Å²) in [6, 6.07) is 0.366. The van der Waals surface area contributed by atoms with Gasteiger partial charge >= 0.3 is 17.9 Å². The third kappa shape index (κ3) is 3.11. The Balaban J connectivity index is 4.15. The maximum Gasteiger partial charge on any atom is 0.345 e. The Hall–Kier alpha value is -3.57. The number of carbonyl (C=O) groups excluding carboxylic acids is 3. The first-order valence-electron chi connectivity index (χ1n) is 5.95. The SMILES string of the molecule is COC(=O)c1c([N+](=O)[O-])cc([N+](=O)[O-])c(C(=O)OC)c1C(=O)OC. The fourth-order valence-corrected chi connectivity index (χ4v) is 1.87. The molecule has 0 saturated heterocycles. The van der Waals surface area contributed by atoms with Crippen LogP contribution < -0.4 is 0 Å². The molecule has 1 aromatic rings. The molecule has 0 fully saturated rings. The topological polar surface area (TPSA) is 165 Å². The smallest absolute Gasteiger partial charge is 0.345 e. The summed E-state index contributed by atoms with van der Waals surface area (Å²) in [5, 5.41) is 22.3. The molecular weight excluding hydrogens is 332 g/mol. The normalized spacial score (nSPS) is 9.79. The molecule has 0 bridgehead atoms. The van der Waals surface area contributed by atoms with Crippen LogP contribution in [-0.4, -0.2) is 49.1 Å². The molecule has 24 heavy (non-hydrogen) atoms. The summed E-state index contributed by atoms with van der Waals surface area (Å²) in [5.74, 6) is -4.10. The number of hydrogen-bond donors (Lipinski definition) is 0. The van der Waals surface area contributed by atoms with Crippen molar-refractivity contribution in [1.29, 1.82) is 0 Å². The van der Waals surface area contributed by atoms with Crippen LogP contribution in [0.5, 0.6) is 0 Å². The highest BCUT2D eigenvalue weighted by Gasteiger charge is 2.40. The van der Waals surface area contributed by atoms with E-state index in [0.29, 0.717) is 6.07 Å². The van der Waals surface area contributed by atoms with Gasteiger partial charge in [-0.05, 0) is 0 Å². The average Bonchev–Trinajstić information content (AvgIpc) is 2.57. The van der Waals surface area contributed by atoms with E-state index in [4.69, 9.17) is 0 Å². The van der Waals surface area contributed by atoms with Crippen LogP contribution in [0, 0.1) is 20.2 Å². The van der Waals surface area contributed by atoms with Gasteiger partial charge in [-0.2, -0.15) is 0 Å². The summed E-state index contributed by atoms with van der Waals surface area (Å²) >= 11 is 0. The second-order valence-corrected chi connectivity index (χ2v) is 4.03. The van der Waals surface area contributed by atoms with Gasteiger partial charge in [0.05, 0.1) is 37.2 Å². The van der Waals surface area contributed by atoms with Crippen LogP contribution in [0.4, 0.5) is 11.4 Å². The van der Waals surface area contributed by atoms with E-state index in [2.05, 4.69) is 14.2 Å². The molecule has 0 aromatic heterocycles. The molecular formula is C12H10N2O10. The Bertz CT molecular complexity index is 702. The lowest BCUT2D eigenvalue weighted by Crippen LogP contribution is -2.21. The van der Waals surface area contributed by atoms with Crippen molar-refractivity contribution >= 4 is 29.3 Å². The summed E-state index contributed by atoms with van der Waals surface area (Å²) in [5.41, 5.74) is -5.10. The van der Waals surface area contributed by atoms with Crippen molar-refractivity contribution in [3.8, 4) is 0 Å². The van der Waals surface area contributed by atoms with Crippen molar-refractivity contribution in [3.05, 3.63) is 43.0 Å². The standard InChI is InChI=1S/C12H10N2O10/c1-22-10(15)7-5(13(18)19)4-6(14(20)21)8(11(16)23-2)9(7)12(17)24-3/h4H,1-3H3. The van der Waals surface area contributed by atoms with E-state index in [-0.39, 0.29) is 0 Å². The van der Waals surface area contributed by atoms with Gasteiger partial charge in [0.15, 0.2) is 11.1 Å². The zero-order chi connectivity index (χ0) is 18.6. The van der Waals surface area contributed by atoms with Crippen LogP contribution in [0.2, 0.25) is 0 Å². The van der Waals surface area contributed by atoms with Crippen LogP contribution in [0.25, 0.3) is 0 Å². The Morgan fingerprint density at radius 3 is 1.29 bits per heavy atom. The highest BCUT2D eigenvalue weighted by molar-refractivity contribution is 6.14. The van der Waals surface area contributed by atoms with Crippen molar-refractivity contribution in [1.82, 2.24) is 0 Å². The molecule has 0 heterocycles. The van der Waals surface area contributed by atoms with Crippen molar-refractivity contribution in [2.24, 2.45) is 0 Å². The van der Waals surface area contributed by atoms with Crippen LogP contribution in [-0.2, 0) is 14.2 Å². The summed E-state index contributed by atoms with van der Waals surface area (Å²) < 4.78 is 13.1. The van der Waals surface area contributed by atoms with Crippen molar-refractivity contribution in [2.75, 3.05) is 21.3 Å². The van der Waals surface area contributed by atoms with Gasteiger partial charge in [0, 0.05) is 0 Å². The number of carbonyl (C=O) groups is 3. The number of esters is 3. The Morgan fingerprint density at radius 1 is 0.750 bits per heavy atom. The second-order valence-electron chi connectivity index (χ2n) is 4.03. The van der Waals surface area contributed by atoms with Crippen LogP contribution in [0.15, 0.2) is 6.07 Å². The largest absolute Gasteiger partial charge is 0.465 e. The third-order valence-electron chi connectivity index (χ3n) is 2.85. The van der Waals surface area contributed by atoms with Gasteiger partial charge in [-0.3, -0.25) is 20.2 Å². The maximum atomic E-state index is 12.0. The molecule has 0 aliphatic carbocycles. The van der Waals surface area contributed by atoms with E-state index in [1.807, 2.05) is 0 Å². The predicted octanol–water partition coefficient (Wildman–Crippen LogP) is 0.863. The minimum atomic E-state index is -1.39. The highest BCUT2D eigenvalue weighted by Crippen LogP contribution is 2.35. The van der Waals surface area contributed by atoms with Crippen molar-refractivity contribution in [2.45, 2.75) is 0 Å². The first-order valence-corrected chi connectivity index (χ1v) is 5.95. The summed E-state index contributed by atoms with van der Waals surface area (Å²) in [6.45, 7) is 0. The number of rotatable bonds is 5. The lowest BCUT2D eigenvalue weighted by molar-refractivity contribution is -0.394. The summed E-state index contributed by atoms with van der Waals surface area (Å²) in [7, 11) is 2.59. The van der Waals surface area contributed by atoms with Gasteiger partial charge in [-0.1, -0.05) is 0 Å². The number of nitro benzene ring substituents is 2. The minimum Gasteiger partial charge on any atom is -0.465 e. The molecule has 12 nitrogen and oxygen atoms in total. The Morgan fingerprint density at radius 2 is 1.04 bits per heavy atom.